The zero-order chi connectivity index (χ0) is 21.4. The van der Waals surface area contributed by atoms with E-state index in [-0.39, 0.29) is 17.5 Å². The number of anilines is 3. The molecule has 0 fully saturated rings. The van der Waals surface area contributed by atoms with Gasteiger partial charge in [-0.3, -0.25) is 0 Å². The van der Waals surface area contributed by atoms with Gasteiger partial charge in [-0.1, -0.05) is 18.2 Å². The number of phenolic OH excluding ortho intramolecular Hbond substituents is 1. The minimum atomic E-state index is -0.335. The van der Waals surface area contributed by atoms with Gasteiger partial charge in [-0.05, 0) is 48.0 Å². The molecule has 5 rings (SSSR count). The molecule has 8 heteroatoms. The van der Waals surface area contributed by atoms with Gasteiger partial charge in [0.05, 0.1) is 5.39 Å². The number of phenols is 1. The number of hydrogen-bond donors (Lipinski definition) is 4. The molecule has 3 aromatic carbocycles. The third-order valence-electron chi connectivity index (χ3n) is 4.87. The van der Waals surface area contributed by atoms with Crippen molar-refractivity contribution in [3.05, 3.63) is 78.1 Å². The van der Waals surface area contributed by atoms with Crippen LogP contribution >= 0.6 is 0 Å². The number of aromatic nitrogens is 3. The summed E-state index contributed by atoms with van der Waals surface area (Å²) in [5.41, 5.74) is 9.01. The predicted molar refractivity (Wildman–Crippen MR) is 118 cm³/mol. The van der Waals surface area contributed by atoms with Crippen molar-refractivity contribution in [2.24, 2.45) is 0 Å². The fraction of sp³-hybridized carbons (Fsp3) is 0.0435. The van der Waals surface area contributed by atoms with Crippen molar-refractivity contribution >= 4 is 39.4 Å². The first-order valence-corrected chi connectivity index (χ1v) is 9.57. The normalized spacial score (nSPS) is 11.1. The lowest BCUT2D eigenvalue weighted by molar-refractivity contribution is 0.304. The van der Waals surface area contributed by atoms with Gasteiger partial charge in [0.1, 0.15) is 35.4 Å². The largest absolute Gasteiger partial charge is 0.508 e. The molecule has 0 aliphatic heterocycles. The summed E-state index contributed by atoms with van der Waals surface area (Å²) in [6.07, 6.45) is 0. The van der Waals surface area contributed by atoms with Crippen LogP contribution in [0.4, 0.5) is 21.8 Å². The van der Waals surface area contributed by atoms with Gasteiger partial charge in [-0.15, -0.1) is 0 Å². The summed E-state index contributed by atoms with van der Waals surface area (Å²) in [6, 6.07) is 18.7. The van der Waals surface area contributed by atoms with Crippen molar-refractivity contribution < 1.29 is 14.2 Å². The lowest BCUT2D eigenvalue weighted by atomic mass is 10.2. The molecule has 0 bridgehead atoms. The summed E-state index contributed by atoms with van der Waals surface area (Å²) >= 11 is 0. The first-order valence-electron chi connectivity index (χ1n) is 9.57. The number of aromatic hydroxyl groups is 1. The second kappa shape index (κ2) is 7.49. The van der Waals surface area contributed by atoms with Crippen LogP contribution < -0.4 is 15.8 Å². The molecule has 0 amide bonds. The summed E-state index contributed by atoms with van der Waals surface area (Å²) in [7, 11) is 0. The van der Waals surface area contributed by atoms with E-state index in [0.29, 0.717) is 23.8 Å². The monoisotopic (exact) mass is 415 g/mol. The van der Waals surface area contributed by atoms with Crippen molar-refractivity contribution in [2.75, 3.05) is 11.1 Å². The quantitative estimate of drug-likeness (QED) is 0.326. The Labute approximate surface area is 176 Å². The van der Waals surface area contributed by atoms with E-state index < -0.39 is 0 Å². The van der Waals surface area contributed by atoms with Crippen LogP contribution in [0.1, 0.15) is 5.56 Å². The van der Waals surface area contributed by atoms with Crippen molar-refractivity contribution in [1.82, 2.24) is 15.0 Å². The van der Waals surface area contributed by atoms with Gasteiger partial charge in [0, 0.05) is 22.7 Å². The Morgan fingerprint density at radius 1 is 1.03 bits per heavy atom. The molecule has 31 heavy (non-hydrogen) atoms. The minimum Gasteiger partial charge on any atom is -0.508 e. The van der Waals surface area contributed by atoms with E-state index in [0.717, 1.165) is 27.5 Å². The highest BCUT2D eigenvalue weighted by Crippen LogP contribution is 2.33. The third-order valence-corrected chi connectivity index (χ3v) is 4.87. The molecule has 0 unspecified atom stereocenters. The number of nitrogens with two attached hydrogens (primary N) is 1. The molecule has 0 saturated carbocycles. The van der Waals surface area contributed by atoms with E-state index in [2.05, 4.69) is 20.3 Å². The highest BCUT2D eigenvalue weighted by atomic mass is 19.1. The van der Waals surface area contributed by atoms with Gasteiger partial charge in [0.2, 0.25) is 5.95 Å². The first-order chi connectivity index (χ1) is 15.0. The maximum absolute atomic E-state index is 13.3. The van der Waals surface area contributed by atoms with Gasteiger partial charge in [-0.2, -0.15) is 9.97 Å². The Morgan fingerprint density at radius 3 is 2.68 bits per heavy atom. The molecule has 0 aliphatic rings. The van der Waals surface area contributed by atoms with Crippen LogP contribution in [0.25, 0.3) is 21.9 Å². The number of nitrogens with zero attached hydrogens (tertiary/aromatic N) is 2. The van der Waals surface area contributed by atoms with Crippen molar-refractivity contribution in [1.29, 1.82) is 0 Å². The molecule has 0 spiro atoms. The fourth-order valence-electron chi connectivity index (χ4n) is 3.43. The van der Waals surface area contributed by atoms with Crippen LogP contribution in [0.15, 0.2) is 66.7 Å². The van der Waals surface area contributed by atoms with E-state index in [1.54, 1.807) is 30.3 Å². The summed E-state index contributed by atoms with van der Waals surface area (Å²) < 4.78 is 18.9. The Morgan fingerprint density at radius 2 is 1.87 bits per heavy atom. The minimum absolute atomic E-state index is 0.130. The molecule has 0 atom stereocenters. The SMILES string of the molecule is Nc1nc(Nc2ccc(COc3cccc(F)c3)cc2)c2c(n1)[nH]c1ccc(O)cc12. The number of nitrogens with one attached hydrogen (secondary N) is 2. The van der Waals surface area contributed by atoms with Crippen LogP contribution in [-0.2, 0) is 6.61 Å². The Kier molecular flexibility index (Phi) is 4.51. The smallest absolute Gasteiger partial charge is 0.224 e. The lowest BCUT2D eigenvalue weighted by Crippen LogP contribution is -2.01. The van der Waals surface area contributed by atoms with Crippen LogP contribution in [0.3, 0.4) is 0 Å². The van der Waals surface area contributed by atoms with E-state index in [9.17, 15) is 9.50 Å². The van der Waals surface area contributed by atoms with E-state index >= 15 is 0 Å². The van der Waals surface area contributed by atoms with E-state index in [1.807, 2.05) is 24.3 Å². The van der Waals surface area contributed by atoms with E-state index in [1.165, 1.54) is 12.1 Å². The summed E-state index contributed by atoms with van der Waals surface area (Å²) in [4.78, 5) is 11.8. The zero-order valence-electron chi connectivity index (χ0n) is 16.3. The fourth-order valence-corrected chi connectivity index (χ4v) is 3.43. The average molecular weight is 415 g/mol. The highest BCUT2D eigenvalue weighted by molar-refractivity contribution is 6.12. The van der Waals surface area contributed by atoms with Crippen molar-refractivity contribution in [3.8, 4) is 11.5 Å². The van der Waals surface area contributed by atoms with Gasteiger partial charge < -0.3 is 25.9 Å². The molecule has 5 aromatic rings. The van der Waals surface area contributed by atoms with Crippen LogP contribution in [-0.4, -0.2) is 20.1 Å². The number of benzene rings is 3. The molecule has 7 nitrogen and oxygen atoms in total. The molecule has 5 N–H and O–H groups in total. The van der Waals surface area contributed by atoms with Crippen molar-refractivity contribution in [2.45, 2.75) is 6.61 Å². The first kappa shape index (κ1) is 18.7. The van der Waals surface area contributed by atoms with Gasteiger partial charge in [-0.25, -0.2) is 4.39 Å². The number of nitrogen functional groups attached to an aromatic ring is 1. The second-order valence-corrected chi connectivity index (χ2v) is 7.08. The number of aromatic amines is 1. The van der Waals surface area contributed by atoms with Gasteiger partial charge >= 0.3 is 0 Å². The number of fused-ring (bicyclic) bond motifs is 3. The Hall–Kier alpha value is -4.33. The lowest BCUT2D eigenvalue weighted by Gasteiger charge is -2.10. The number of H-pyrrole nitrogens is 1. The van der Waals surface area contributed by atoms with E-state index in [4.69, 9.17) is 10.5 Å². The Bertz CT molecular complexity index is 1400. The standard InChI is InChI=1S/C23H18FN5O2/c24-14-2-1-3-17(10-14)31-12-13-4-6-15(7-5-13)26-21-20-18-11-16(30)8-9-19(18)27-22(20)29-23(25)28-21/h1-11,30H,12H2,(H4,25,26,27,28,29). The zero-order valence-corrected chi connectivity index (χ0v) is 16.3. The number of ether oxygens (including phenoxy) is 1. The summed E-state index contributed by atoms with van der Waals surface area (Å²) in [5.74, 6) is 0.953. The van der Waals surface area contributed by atoms with Crippen LogP contribution in [0, 0.1) is 5.82 Å². The molecule has 2 aromatic heterocycles. The molecule has 0 radical (unpaired) electrons. The molecular formula is C23H18FN5O2. The average Bonchev–Trinajstić information content (AvgIpc) is 3.10. The molecule has 0 saturated heterocycles. The number of rotatable bonds is 5. The third kappa shape index (κ3) is 3.78. The molecular weight excluding hydrogens is 397 g/mol. The summed E-state index contributed by atoms with van der Waals surface area (Å²) in [5, 5.41) is 14.7. The second-order valence-electron chi connectivity index (χ2n) is 7.08. The number of hydrogen-bond acceptors (Lipinski definition) is 6. The molecule has 2 heterocycles. The highest BCUT2D eigenvalue weighted by Gasteiger charge is 2.14. The maximum Gasteiger partial charge on any atom is 0.224 e. The molecule has 154 valence electrons. The number of halogens is 1. The van der Waals surface area contributed by atoms with Crippen LogP contribution in [0.5, 0.6) is 11.5 Å². The van der Waals surface area contributed by atoms with Crippen molar-refractivity contribution in [3.63, 3.8) is 0 Å². The van der Waals surface area contributed by atoms with Gasteiger partial charge in [0.25, 0.3) is 0 Å². The summed E-state index contributed by atoms with van der Waals surface area (Å²) in [6.45, 7) is 0.316. The predicted octanol–water partition coefficient (Wildman–Crippen LogP) is 4.86. The maximum atomic E-state index is 13.3. The molecule has 0 aliphatic carbocycles. The topological polar surface area (TPSA) is 109 Å². The van der Waals surface area contributed by atoms with Crippen LogP contribution in [0.2, 0.25) is 0 Å². The Balaban J connectivity index is 1.40. The van der Waals surface area contributed by atoms with Gasteiger partial charge in [0.15, 0.2) is 0 Å².